The highest BCUT2D eigenvalue weighted by Gasteiger charge is 2.32. The van der Waals surface area contributed by atoms with Crippen LogP contribution in [0.2, 0.25) is 0 Å². The fourth-order valence-electron chi connectivity index (χ4n) is 2.74. The maximum Gasteiger partial charge on any atom is 0.414 e. The molecule has 3 rings (SSSR count). The van der Waals surface area contributed by atoms with Crippen LogP contribution in [0, 0.1) is 5.82 Å². The van der Waals surface area contributed by atoms with E-state index in [9.17, 15) is 14.0 Å². The zero-order chi connectivity index (χ0) is 16.2. The summed E-state index contributed by atoms with van der Waals surface area (Å²) in [5.41, 5.74) is 1.04. The third kappa shape index (κ3) is 3.52. The number of hydrogen-bond acceptors (Lipinski definition) is 5. The Bertz CT molecular complexity index is 595. The molecule has 2 fully saturated rings. The molecule has 1 N–H and O–H groups in total. The molecular formula is C15H18FN3O3S. The van der Waals surface area contributed by atoms with E-state index in [1.165, 1.54) is 11.0 Å². The lowest BCUT2D eigenvalue weighted by Gasteiger charge is -2.29. The van der Waals surface area contributed by atoms with Gasteiger partial charge in [-0.05, 0) is 18.2 Å². The first-order valence-electron chi connectivity index (χ1n) is 7.46. The SMILES string of the molecule is O=CNC[C@H]1CN(c2ccc(N3CCSCC3)c(F)c2)C(=O)O1. The first kappa shape index (κ1) is 15.9. The second kappa shape index (κ2) is 7.08. The van der Waals surface area contributed by atoms with Crippen LogP contribution >= 0.6 is 11.8 Å². The van der Waals surface area contributed by atoms with Crippen LogP contribution < -0.4 is 15.1 Å². The van der Waals surface area contributed by atoms with Crippen LogP contribution in [0.25, 0.3) is 0 Å². The lowest BCUT2D eigenvalue weighted by atomic mass is 10.2. The van der Waals surface area contributed by atoms with E-state index in [0.29, 0.717) is 24.3 Å². The predicted molar refractivity (Wildman–Crippen MR) is 87.6 cm³/mol. The summed E-state index contributed by atoms with van der Waals surface area (Å²) < 4.78 is 19.6. The number of nitrogens with one attached hydrogen (secondary N) is 1. The van der Waals surface area contributed by atoms with Crippen LogP contribution in [0.5, 0.6) is 0 Å². The third-order valence-electron chi connectivity index (χ3n) is 3.90. The maximum atomic E-state index is 14.4. The normalized spacial score (nSPS) is 21.3. The smallest absolute Gasteiger partial charge is 0.414 e. The number of nitrogens with zero attached hydrogens (tertiary/aromatic N) is 2. The molecule has 0 spiro atoms. The minimum atomic E-state index is -0.524. The Balaban J connectivity index is 1.72. The van der Waals surface area contributed by atoms with Gasteiger partial charge in [-0.2, -0.15) is 11.8 Å². The Hall–Kier alpha value is -1.96. The van der Waals surface area contributed by atoms with Crippen LogP contribution in [0.3, 0.4) is 0 Å². The molecule has 0 saturated carbocycles. The molecule has 8 heteroatoms. The van der Waals surface area contributed by atoms with Crippen LogP contribution in [0.15, 0.2) is 18.2 Å². The molecule has 0 aromatic heterocycles. The lowest BCUT2D eigenvalue weighted by Crippen LogP contribution is -2.33. The Kier molecular flexibility index (Phi) is 4.90. The summed E-state index contributed by atoms with van der Waals surface area (Å²) in [6.07, 6.45) is -0.388. The summed E-state index contributed by atoms with van der Waals surface area (Å²) in [6, 6.07) is 4.82. The van der Waals surface area contributed by atoms with Gasteiger partial charge >= 0.3 is 6.09 Å². The highest BCUT2D eigenvalue weighted by atomic mass is 32.2. The van der Waals surface area contributed by atoms with E-state index >= 15 is 0 Å². The van der Waals surface area contributed by atoms with Gasteiger partial charge in [-0.3, -0.25) is 9.69 Å². The second-order valence-corrected chi connectivity index (χ2v) is 6.60. The van der Waals surface area contributed by atoms with Crippen molar-refractivity contribution in [2.75, 3.05) is 47.5 Å². The Labute approximate surface area is 137 Å². The highest BCUT2D eigenvalue weighted by Crippen LogP contribution is 2.29. The van der Waals surface area contributed by atoms with Gasteiger partial charge in [-0.15, -0.1) is 0 Å². The second-order valence-electron chi connectivity index (χ2n) is 5.38. The molecule has 6 nitrogen and oxygen atoms in total. The topological polar surface area (TPSA) is 61.9 Å². The number of thioether (sulfide) groups is 1. The fourth-order valence-corrected chi connectivity index (χ4v) is 3.65. The number of carbonyl (C=O) groups excluding carboxylic acids is 2. The fraction of sp³-hybridized carbons (Fsp3) is 0.467. The summed E-state index contributed by atoms with van der Waals surface area (Å²) in [5, 5.41) is 2.48. The minimum Gasteiger partial charge on any atom is -0.442 e. The first-order valence-corrected chi connectivity index (χ1v) is 8.62. The third-order valence-corrected chi connectivity index (χ3v) is 4.84. The molecule has 23 heavy (non-hydrogen) atoms. The van der Waals surface area contributed by atoms with Crippen molar-refractivity contribution in [2.45, 2.75) is 6.10 Å². The minimum absolute atomic E-state index is 0.248. The van der Waals surface area contributed by atoms with Crippen LogP contribution in [0.4, 0.5) is 20.6 Å². The number of benzene rings is 1. The number of carbonyl (C=O) groups is 2. The number of ether oxygens (including phenoxy) is 1. The average Bonchev–Trinajstić information content (AvgIpc) is 2.94. The van der Waals surface area contributed by atoms with E-state index in [2.05, 4.69) is 5.32 Å². The molecule has 0 unspecified atom stereocenters. The highest BCUT2D eigenvalue weighted by molar-refractivity contribution is 7.99. The van der Waals surface area contributed by atoms with Gasteiger partial charge in [0.1, 0.15) is 11.9 Å². The summed E-state index contributed by atoms with van der Waals surface area (Å²) in [5.74, 6) is 1.65. The van der Waals surface area contributed by atoms with Crippen molar-refractivity contribution in [1.29, 1.82) is 0 Å². The van der Waals surface area contributed by atoms with Crippen LogP contribution in [-0.4, -0.2) is 56.3 Å². The maximum absolute atomic E-state index is 14.4. The zero-order valence-corrected chi connectivity index (χ0v) is 13.4. The predicted octanol–water partition coefficient (Wildman–Crippen LogP) is 1.45. The van der Waals surface area contributed by atoms with E-state index in [4.69, 9.17) is 4.74 Å². The number of cyclic esters (lactones) is 1. The van der Waals surface area contributed by atoms with Crippen LogP contribution in [-0.2, 0) is 9.53 Å². The van der Waals surface area contributed by atoms with Gasteiger partial charge in [0, 0.05) is 24.6 Å². The molecule has 2 heterocycles. The van der Waals surface area contributed by atoms with Crippen molar-refractivity contribution in [1.82, 2.24) is 5.32 Å². The van der Waals surface area contributed by atoms with Crippen molar-refractivity contribution >= 4 is 35.6 Å². The van der Waals surface area contributed by atoms with Gasteiger partial charge in [-0.1, -0.05) is 0 Å². The number of hydrogen-bond donors (Lipinski definition) is 1. The molecule has 0 bridgehead atoms. The van der Waals surface area contributed by atoms with Crippen molar-refractivity contribution in [3.8, 4) is 0 Å². The quantitative estimate of drug-likeness (QED) is 0.823. The standard InChI is InChI=1S/C15H18FN3O3S/c16-13-7-11(1-2-14(13)18-3-5-23-6-4-18)19-9-12(8-17-10-20)22-15(19)21/h1-2,7,10,12H,3-6,8-9H2,(H,17,20)/t12-/m0/s1. The molecule has 0 radical (unpaired) electrons. The lowest BCUT2D eigenvalue weighted by molar-refractivity contribution is -0.109. The van der Waals surface area contributed by atoms with E-state index in [1.54, 1.807) is 12.1 Å². The summed E-state index contributed by atoms with van der Waals surface area (Å²) in [7, 11) is 0. The molecule has 1 aromatic carbocycles. The Morgan fingerprint density at radius 3 is 2.87 bits per heavy atom. The molecule has 2 aliphatic heterocycles. The van der Waals surface area contributed by atoms with Gasteiger partial charge in [0.2, 0.25) is 6.41 Å². The van der Waals surface area contributed by atoms with Crippen molar-refractivity contribution in [3.63, 3.8) is 0 Å². The molecule has 1 aromatic rings. The Morgan fingerprint density at radius 1 is 1.39 bits per heavy atom. The number of halogens is 1. The first-order chi connectivity index (χ1) is 11.2. The van der Waals surface area contributed by atoms with Crippen LogP contribution in [0.1, 0.15) is 0 Å². The Morgan fingerprint density at radius 2 is 2.17 bits per heavy atom. The average molecular weight is 339 g/mol. The zero-order valence-electron chi connectivity index (χ0n) is 12.5. The molecule has 0 aliphatic carbocycles. The van der Waals surface area contributed by atoms with E-state index < -0.39 is 12.2 Å². The molecule has 124 valence electrons. The van der Waals surface area contributed by atoms with Gasteiger partial charge < -0.3 is 15.0 Å². The van der Waals surface area contributed by atoms with Crippen molar-refractivity contribution < 1.29 is 18.7 Å². The molecule has 1 atom stereocenters. The van der Waals surface area contributed by atoms with Crippen molar-refractivity contribution in [2.24, 2.45) is 0 Å². The molecule has 2 amide bonds. The summed E-state index contributed by atoms with van der Waals surface area (Å²) >= 11 is 1.87. The number of rotatable bonds is 5. The van der Waals surface area contributed by atoms with Gasteiger partial charge in [0.15, 0.2) is 0 Å². The molecular weight excluding hydrogens is 321 g/mol. The largest absolute Gasteiger partial charge is 0.442 e. The van der Waals surface area contributed by atoms with Gasteiger partial charge in [0.05, 0.1) is 24.5 Å². The van der Waals surface area contributed by atoms with Gasteiger partial charge in [0.25, 0.3) is 0 Å². The summed E-state index contributed by atoms with van der Waals surface area (Å²) in [6.45, 7) is 2.19. The number of amides is 2. The molecule has 2 saturated heterocycles. The summed E-state index contributed by atoms with van der Waals surface area (Å²) in [4.78, 5) is 25.6. The van der Waals surface area contributed by atoms with E-state index in [0.717, 1.165) is 24.6 Å². The monoisotopic (exact) mass is 339 g/mol. The van der Waals surface area contributed by atoms with E-state index in [1.807, 2.05) is 16.7 Å². The molecule has 2 aliphatic rings. The van der Waals surface area contributed by atoms with E-state index in [-0.39, 0.29) is 12.4 Å². The van der Waals surface area contributed by atoms with Gasteiger partial charge in [-0.25, -0.2) is 9.18 Å². The number of anilines is 2. The van der Waals surface area contributed by atoms with Crippen molar-refractivity contribution in [3.05, 3.63) is 24.0 Å².